The lowest BCUT2D eigenvalue weighted by atomic mass is 10.1. The molecule has 0 unspecified atom stereocenters. The van der Waals surface area contributed by atoms with Crippen LogP contribution in [0.25, 0.3) is 11.4 Å². The lowest BCUT2D eigenvalue weighted by molar-refractivity contribution is -0.137. The van der Waals surface area contributed by atoms with Crippen molar-refractivity contribution in [3.8, 4) is 11.4 Å². The van der Waals surface area contributed by atoms with E-state index >= 15 is 0 Å². The van der Waals surface area contributed by atoms with Gasteiger partial charge in [-0.15, -0.1) is 0 Å². The van der Waals surface area contributed by atoms with Crippen LogP contribution in [0.3, 0.4) is 0 Å². The van der Waals surface area contributed by atoms with E-state index in [1.54, 1.807) is 0 Å². The summed E-state index contributed by atoms with van der Waals surface area (Å²) in [4.78, 5) is 25.1. The van der Waals surface area contributed by atoms with Gasteiger partial charge in [0.1, 0.15) is 5.82 Å². The van der Waals surface area contributed by atoms with Gasteiger partial charge in [0, 0.05) is 43.4 Å². The van der Waals surface area contributed by atoms with Crippen molar-refractivity contribution < 1.29 is 17.6 Å². The summed E-state index contributed by atoms with van der Waals surface area (Å²) in [7, 11) is 0. The van der Waals surface area contributed by atoms with Gasteiger partial charge in [-0.1, -0.05) is 23.7 Å². The first-order valence-corrected chi connectivity index (χ1v) is 9.40. The van der Waals surface area contributed by atoms with Crippen molar-refractivity contribution in [1.29, 1.82) is 0 Å². The Morgan fingerprint density at radius 1 is 1.20 bits per heavy atom. The van der Waals surface area contributed by atoms with Gasteiger partial charge in [-0.2, -0.15) is 17.6 Å². The van der Waals surface area contributed by atoms with Gasteiger partial charge < -0.3 is 4.98 Å². The molecule has 1 aliphatic rings. The van der Waals surface area contributed by atoms with Crippen LogP contribution in [-0.2, 0) is 25.7 Å². The van der Waals surface area contributed by atoms with Crippen molar-refractivity contribution in [2.45, 2.75) is 25.7 Å². The summed E-state index contributed by atoms with van der Waals surface area (Å²) in [5.41, 5.74) is 0.602. The van der Waals surface area contributed by atoms with Gasteiger partial charge in [-0.25, -0.2) is 9.97 Å². The summed E-state index contributed by atoms with van der Waals surface area (Å²) in [5, 5.41) is 0.324. The zero-order valence-electron chi connectivity index (χ0n) is 15.4. The molecule has 0 saturated heterocycles. The molecule has 0 saturated carbocycles. The topological polar surface area (TPSA) is 61.9 Å². The maximum Gasteiger partial charge on any atom is 0.416 e. The molecule has 3 aromatic rings. The molecule has 1 aliphatic heterocycles. The van der Waals surface area contributed by atoms with E-state index in [0.29, 0.717) is 40.4 Å². The Morgan fingerprint density at radius 2 is 1.93 bits per heavy atom. The van der Waals surface area contributed by atoms with E-state index in [1.165, 1.54) is 24.4 Å². The number of rotatable bonds is 3. The van der Waals surface area contributed by atoms with Gasteiger partial charge in [0.25, 0.3) is 5.56 Å². The van der Waals surface area contributed by atoms with Crippen molar-refractivity contribution in [1.82, 2.24) is 19.9 Å². The lowest BCUT2D eigenvalue weighted by Gasteiger charge is -2.27. The van der Waals surface area contributed by atoms with Crippen LogP contribution in [0, 0.1) is 5.95 Å². The first-order chi connectivity index (χ1) is 14.2. The number of hydrogen-bond acceptors (Lipinski definition) is 4. The molecule has 4 rings (SSSR count). The molecule has 0 aliphatic carbocycles. The summed E-state index contributed by atoms with van der Waals surface area (Å²) in [6.45, 7) is 1.03. The number of nitrogens with zero attached hydrogens (tertiary/aromatic N) is 3. The maximum absolute atomic E-state index is 13.9. The van der Waals surface area contributed by atoms with Gasteiger partial charge in [0.15, 0.2) is 0 Å². The van der Waals surface area contributed by atoms with Gasteiger partial charge in [0.05, 0.1) is 21.8 Å². The molecule has 0 amide bonds. The Morgan fingerprint density at radius 3 is 2.63 bits per heavy atom. The molecule has 0 atom stereocenters. The van der Waals surface area contributed by atoms with Crippen LogP contribution in [0.5, 0.6) is 0 Å². The van der Waals surface area contributed by atoms with Crippen LogP contribution in [0.15, 0.2) is 41.3 Å². The maximum atomic E-state index is 13.9. The monoisotopic (exact) mass is 438 g/mol. The van der Waals surface area contributed by atoms with E-state index in [2.05, 4.69) is 15.0 Å². The van der Waals surface area contributed by atoms with Crippen molar-refractivity contribution in [3.05, 3.63) is 80.2 Å². The SMILES string of the molecule is O=c1[nH]c(-c2ccc(C(F)(F)F)cc2)nc2c1CN(Cc1cc(Cl)cnc1F)CC2. The number of H-pyrrole nitrogens is 1. The Bertz CT molecular complexity index is 1150. The van der Waals surface area contributed by atoms with E-state index in [0.717, 1.165) is 12.1 Å². The molecule has 0 fully saturated rings. The fourth-order valence-electron chi connectivity index (χ4n) is 3.39. The Hall–Kier alpha value is -2.78. The number of aromatic nitrogens is 3. The predicted molar refractivity (Wildman–Crippen MR) is 102 cm³/mol. The highest BCUT2D eigenvalue weighted by molar-refractivity contribution is 6.30. The van der Waals surface area contributed by atoms with Crippen LogP contribution in [0.4, 0.5) is 17.6 Å². The minimum atomic E-state index is -4.43. The number of alkyl halides is 3. The molecule has 0 bridgehead atoms. The summed E-state index contributed by atoms with van der Waals surface area (Å²) < 4.78 is 52.1. The van der Waals surface area contributed by atoms with Crippen molar-refractivity contribution in [3.63, 3.8) is 0 Å². The second-order valence-corrected chi connectivity index (χ2v) is 7.42. The fraction of sp³-hybridized carbons (Fsp3) is 0.250. The minimum absolute atomic E-state index is 0.214. The molecule has 2 aromatic heterocycles. The number of hydrogen-bond donors (Lipinski definition) is 1. The second-order valence-electron chi connectivity index (χ2n) is 6.98. The first-order valence-electron chi connectivity index (χ1n) is 9.02. The third-order valence-corrected chi connectivity index (χ3v) is 5.11. The van der Waals surface area contributed by atoms with Crippen molar-refractivity contribution in [2.24, 2.45) is 0 Å². The molecule has 5 nitrogen and oxygen atoms in total. The number of aromatic amines is 1. The number of pyridine rings is 1. The molecule has 30 heavy (non-hydrogen) atoms. The van der Waals surface area contributed by atoms with E-state index in [1.807, 2.05) is 4.90 Å². The predicted octanol–water partition coefficient (Wildman–Crippen LogP) is 4.20. The zero-order valence-corrected chi connectivity index (χ0v) is 16.2. The quantitative estimate of drug-likeness (QED) is 0.492. The lowest BCUT2D eigenvalue weighted by Crippen LogP contribution is -2.35. The summed E-state index contributed by atoms with van der Waals surface area (Å²) in [6, 6.07) is 5.94. The third kappa shape index (κ3) is 4.22. The largest absolute Gasteiger partial charge is 0.416 e. The van der Waals surface area contributed by atoms with E-state index in [4.69, 9.17) is 11.6 Å². The van der Waals surface area contributed by atoms with Gasteiger partial charge in [-0.3, -0.25) is 9.69 Å². The third-order valence-electron chi connectivity index (χ3n) is 4.91. The summed E-state index contributed by atoms with van der Waals surface area (Å²) >= 11 is 5.88. The van der Waals surface area contributed by atoms with Gasteiger partial charge in [0.2, 0.25) is 5.95 Å². The Kier molecular flexibility index (Phi) is 5.33. The minimum Gasteiger partial charge on any atom is -0.306 e. The zero-order chi connectivity index (χ0) is 21.5. The summed E-state index contributed by atoms with van der Waals surface area (Å²) in [6.07, 6.45) is -2.76. The van der Waals surface area contributed by atoms with Crippen molar-refractivity contribution >= 4 is 11.6 Å². The number of fused-ring (bicyclic) bond motifs is 1. The summed E-state index contributed by atoms with van der Waals surface area (Å²) in [5.74, 6) is -0.402. The molecule has 0 spiro atoms. The number of nitrogens with one attached hydrogen (secondary N) is 1. The van der Waals surface area contributed by atoms with Crippen LogP contribution in [0.1, 0.15) is 22.4 Å². The van der Waals surface area contributed by atoms with Crippen LogP contribution >= 0.6 is 11.6 Å². The van der Waals surface area contributed by atoms with Crippen molar-refractivity contribution in [2.75, 3.05) is 6.54 Å². The van der Waals surface area contributed by atoms with E-state index in [-0.39, 0.29) is 24.5 Å². The Labute approximate surface area is 173 Å². The van der Waals surface area contributed by atoms with E-state index < -0.39 is 17.7 Å². The highest BCUT2D eigenvalue weighted by atomic mass is 35.5. The highest BCUT2D eigenvalue weighted by Gasteiger charge is 2.30. The van der Waals surface area contributed by atoms with Gasteiger partial charge >= 0.3 is 6.18 Å². The molecular formula is C20H15ClF4N4O. The molecule has 1 N–H and O–H groups in total. The number of benzene rings is 1. The number of halogens is 5. The fourth-order valence-corrected chi connectivity index (χ4v) is 3.57. The van der Waals surface area contributed by atoms with Crippen LogP contribution < -0.4 is 5.56 Å². The second kappa shape index (κ2) is 7.81. The van der Waals surface area contributed by atoms with E-state index in [9.17, 15) is 22.4 Å². The normalized spacial score (nSPS) is 14.6. The van der Waals surface area contributed by atoms with Crippen LogP contribution in [0.2, 0.25) is 5.02 Å². The molecule has 156 valence electrons. The highest BCUT2D eigenvalue weighted by Crippen LogP contribution is 2.30. The van der Waals surface area contributed by atoms with Gasteiger partial charge in [-0.05, 0) is 18.2 Å². The molecule has 0 radical (unpaired) electrons. The Balaban J connectivity index is 1.57. The molecule has 3 heterocycles. The molecule has 1 aromatic carbocycles. The van der Waals surface area contributed by atoms with Crippen LogP contribution in [-0.4, -0.2) is 26.4 Å². The average Bonchev–Trinajstić information content (AvgIpc) is 2.70. The first kappa shape index (κ1) is 20.5. The average molecular weight is 439 g/mol. The molecular weight excluding hydrogens is 424 g/mol. The standard InChI is InChI=1S/C20H15ClF4N4O/c21-14-7-12(17(22)26-8-14)9-29-6-5-16-15(10-29)19(30)28-18(27-16)11-1-3-13(4-2-11)20(23,24)25/h1-4,7-8H,5-6,9-10H2,(H,27,28,30). The smallest absolute Gasteiger partial charge is 0.306 e. The molecule has 10 heteroatoms.